The van der Waals surface area contributed by atoms with Crippen molar-refractivity contribution in [2.24, 2.45) is 5.92 Å². The van der Waals surface area contributed by atoms with E-state index in [-0.39, 0.29) is 11.9 Å². The number of amides is 1. The van der Waals surface area contributed by atoms with Gasteiger partial charge in [-0.15, -0.1) is 0 Å². The SMILES string of the molecule is CCNC(=O)C1CNCCN1CC1CCOC1. The number of hydrogen-bond donors (Lipinski definition) is 2. The van der Waals surface area contributed by atoms with E-state index in [4.69, 9.17) is 4.74 Å². The van der Waals surface area contributed by atoms with Gasteiger partial charge in [0.05, 0.1) is 6.61 Å². The molecule has 0 spiro atoms. The van der Waals surface area contributed by atoms with Crippen LogP contribution >= 0.6 is 0 Å². The highest BCUT2D eigenvalue weighted by Gasteiger charge is 2.30. The minimum atomic E-state index is -0.00991. The van der Waals surface area contributed by atoms with Crippen molar-refractivity contribution in [1.82, 2.24) is 15.5 Å². The quantitative estimate of drug-likeness (QED) is 0.692. The zero-order valence-electron chi connectivity index (χ0n) is 10.6. The third kappa shape index (κ3) is 3.40. The molecule has 2 rings (SSSR count). The van der Waals surface area contributed by atoms with Gasteiger partial charge < -0.3 is 15.4 Å². The average molecular weight is 241 g/mol. The summed E-state index contributed by atoms with van der Waals surface area (Å²) in [6, 6.07) is -0.00991. The molecule has 2 fully saturated rings. The van der Waals surface area contributed by atoms with Gasteiger partial charge in [-0.1, -0.05) is 0 Å². The molecule has 5 nitrogen and oxygen atoms in total. The highest BCUT2D eigenvalue weighted by atomic mass is 16.5. The number of carbonyl (C=O) groups is 1. The molecule has 0 aliphatic carbocycles. The van der Waals surface area contributed by atoms with Crippen LogP contribution in [-0.4, -0.2) is 62.8 Å². The Morgan fingerprint density at radius 3 is 3.18 bits per heavy atom. The summed E-state index contributed by atoms with van der Waals surface area (Å²) in [7, 11) is 0. The molecule has 0 aromatic carbocycles. The van der Waals surface area contributed by atoms with Crippen LogP contribution in [0, 0.1) is 5.92 Å². The fraction of sp³-hybridized carbons (Fsp3) is 0.917. The molecule has 2 heterocycles. The molecule has 0 aromatic rings. The minimum Gasteiger partial charge on any atom is -0.381 e. The smallest absolute Gasteiger partial charge is 0.238 e. The lowest BCUT2D eigenvalue weighted by molar-refractivity contribution is -0.127. The molecule has 1 amide bonds. The Morgan fingerprint density at radius 2 is 2.47 bits per heavy atom. The summed E-state index contributed by atoms with van der Waals surface area (Å²) in [4.78, 5) is 14.3. The Kier molecular flexibility index (Phi) is 4.76. The molecule has 0 bridgehead atoms. The standard InChI is InChI=1S/C12H23N3O2/c1-2-14-12(16)11-7-13-4-5-15(11)8-10-3-6-17-9-10/h10-11,13H,2-9H2,1H3,(H,14,16). The van der Waals surface area contributed by atoms with Crippen LogP contribution in [0.1, 0.15) is 13.3 Å². The van der Waals surface area contributed by atoms with Crippen LogP contribution in [-0.2, 0) is 9.53 Å². The number of ether oxygens (including phenoxy) is 1. The van der Waals surface area contributed by atoms with Gasteiger partial charge in [-0.2, -0.15) is 0 Å². The number of hydrogen-bond acceptors (Lipinski definition) is 4. The maximum atomic E-state index is 12.0. The van der Waals surface area contributed by atoms with Crippen LogP contribution in [0.25, 0.3) is 0 Å². The summed E-state index contributed by atoms with van der Waals surface area (Å²) >= 11 is 0. The van der Waals surface area contributed by atoms with Crippen LogP contribution in [0.4, 0.5) is 0 Å². The van der Waals surface area contributed by atoms with E-state index < -0.39 is 0 Å². The van der Waals surface area contributed by atoms with Gasteiger partial charge in [0, 0.05) is 39.3 Å². The van der Waals surface area contributed by atoms with Crippen molar-refractivity contribution in [2.75, 3.05) is 45.9 Å². The van der Waals surface area contributed by atoms with Gasteiger partial charge in [0.1, 0.15) is 6.04 Å². The van der Waals surface area contributed by atoms with E-state index in [2.05, 4.69) is 15.5 Å². The maximum absolute atomic E-state index is 12.0. The summed E-state index contributed by atoms with van der Waals surface area (Å²) in [5, 5.41) is 6.21. The molecule has 17 heavy (non-hydrogen) atoms. The normalized spacial score (nSPS) is 30.4. The van der Waals surface area contributed by atoms with Crippen LogP contribution in [0.2, 0.25) is 0 Å². The van der Waals surface area contributed by atoms with Crippen molar-refractivity contribution in [3.63, 3.8) is 0 Å². The highest BCUT2D eigenvalue weighted by molar-refractivity contribution is 5.82. The summed E-state index contributed by atoms with van der Waals surface area (Å²) in [5.74, 6) is 0.753. The summed E-state index contributed by atoms with van der Waals surface area (Å²) in [6.45, 7) is 8.08. The third-order valence-corrected chi connectivity index (χ3v) is 3.52. The van der Waals surface area contributed by atoms with Gasteiger partial charge >= 0.3 is 0 Å². The van der Waals surface area contributed by atoms with E-state index in [1.165, 1.54) is 0 Å². The zero-order valence-corrected chi connectivity index (χ0v) is 10.6. The monoisotopic (exact) mass is 241 g/mol. The van der Waals surface area contributed by atoms with Crippen molar-refractivity contribution < 1.29 is 9.53 Å². The van der Waals surface area contributed by atoms with E-state index in [0.717, 1.165) is 45.8 Å². The molecule has 0 aromatic heterocycles. The molecule has 0 saturated carbocycles. The molecule has 2 aliphatic rings. The lowest BCUT2D eigenvalue weighted by Gasteiger charge is -2.36. The largest absolute Gasteiger partial charge is 0.381 e. The summed E-state index contributed by atoms with van der Waals surface area (Å²) in [5.41, 5.74) is 0. The molecule has 5 heteroatoms. The molecule has 98 valence electrons. The highest BCUT2D eigenvalue weighted by Crippen LogP contribution is 2.16. The summed E-state index contributed by atoms with van der Waals surface area (Å²) < 4.78 is 5.40. The zero-order chi connectivity index (χ0) is 12.1. The first-order valence-electron chi connectivity index (χ1n) is 6.61. The summed E-state index contributed by atoms with van der Waals surface area (Å²) in [6.07, 6.45) is 1.13. The first kappa shape index (κ1) is 12.8. The van der Waals surface area contributed by atoms with Crippen LogP contribution < -0.4 is 10.6 Å². The number of nitrogens with one attached hydrogen (secondary N) is 2. The second-order valence-electron chi connectivity index (χ2n) is 4.84. The molecular formula is C12H23N3O2. The number of likely N-dealkylation sites (N-methyl/N-ethyl adjacent to an activating group) is 1. The van der Waals surface area contributed by atoms with Crippen LogP contribution in [0.15, 0.2) is 0 Å². The van der Waals surface area contributed by atoms with Crippen molar-refractivity contribution in [3.8, 4) is 0 Å². The van der Waals surface area contributed by atoms with Gasteiger partial charge in [-0.3, -0.25) is 9.69 Å². The van der Waals surface area contributed by atoms with E-state index in [1.54, 1.807) is 0 Å². The second kappa shape index (κ2) is 6.33. The Hall–Kier alpha value is -0.650. The van der Waals surface area contributed by atoms with Gasteiger partial charge in [0.25, 0.3) is 0 Å². The fourth-order valence-electron chi connectivity index (χ4n) is 2.57. The molecule has 2 atom stereocenters. The number of piperazine rings is 1. The van der Waals surface area contributed by atoms with Gasteiger partial charge in [0.2, 0.25) is 5.91 Å². The van der Waals surface area contributed by atoms with E-state index >= 15 is 0 Å². The predicted octanol–water partition coefficient (Wildman–Crippen LogP) is -0.567. The van der Waals surface area contributed by atoms with Crippen LogP contribution in [0.5, 0.6) is 0 Å². The number of nitrogens with zero attached hydrogens (tertiary/aromatic N) is 1. The van der Waals surface area contributed by atoms with Crippen molar-refractivity contribution in [2.45, 2.75) is 19.4 Å². The lowest BCUT2D eigenvalue weighted by atomic mass is 10.1. The van der Waals surface area contributed by atoms with Crippen molar-refractivity contribution in [1.29, 1.82) is 0 Å². The first-order valence-corrected chi connectivity index (χ1v) is 6.61. The minimum absolute atomic E-state index is 0.00991. The van der Waals surface area contributed by atoms with Gasteiger partial charge in [0.15, 0.2) is 0 Å². The Morgan fingerprint density at radius 1 is 1.59 bits per heavy atom. The van der Waals surface area contributed by atoms with E-state index in [1.807, 2.05) is 6.92 Å². The Bertz CT molecular complexity index is 254. The molecular weight excluding hydrogens is 218 g/mol. The molecule has 2 unspecified atom stereocenters. The first-order chi connectivity index (χ1) is 8.31. The molecule has 2 aliphatic heterocycles. The topological polar surface area (TPSA) is 53.6 Å². The average Bonchev–Trinajstić information content (AvgIpc) is 2.83. The molecule has 0 radical (unpaired) electrons. The predicted molar refractivity (Wildman–Crippen MR) is 65.8 cm³/mol. The Balaban J connectivity index is 1.89. The van der Waals surface area contributed by atoms with Crippen molar-refractivity contribution in [3.05, 3.63) is 0 Å². The second-order valence-corrected chi connectivity index (χ2v) is 4.84. The lowest BCUT2D eigenvalue weighted by Crippen LogP contribution is -2.58. The Labute approximate surface area is 103 Å². The van der Waals surface area contributed by atoms with Gasteiger partial charge in [-0.25, -0.2) is 0 Å². The number of carbonyl (C=O) groups excluding carboxylic acids is 1. The third-order valence-electron chi connectivity index (χ3n) is 3.52. The maximum Gasteiger partial charge on any atom is 0.238 e. The molecule has 2 N–H and O–H groups in total. The molecule has 2 saturated heterocycles. The number of rotatable bonds is 4. The van der Waals surface area contributed by atoms with Crippen LogP contribution in [0.3, 0.4) is 0 Å². The van der Waals surface area contributed by atoms with E-state index in [9.17, 15) is 4.79 Å². The van der Waals surface area contributed by atoms with Gasteiger partial charge in [-0.05, 0) is 19.3 Å². The van der Waals surface area contributed by atoms with Crippen molar-refractivity contribution >= 4 is 5.91 Å². The van der Waals surface area contributed by atoms with E-state index in [0.29, 0.717) is 12.5 Å². The fourth-order valence-corrected chi connectivity index (χ4v) is 2.57.